The van der Waals surface area contributed by atoms with E-state index in [1.807, 2.05) is 0 Å². The first-order chi connectivity index (χ1) is 9.00. The van der Waals surface area contributed by atoms with Crippen LogP contribution in [0.1, 0.15) is 57.1 Å². The smallest absolute Gasteiger partial charge is 0.127 e. The van der Waals surface area contributed by atoms with Crippen LogP contribution in [0.2, 0.25) is 0 Å². The van der Waals surface area contributed by atoms with E-state index in [9.17, 15) is 0 Å². The van der Waals surface area contributed by atoms with E-state index < -0.39 is 0 Å². The first-order valence-electron chi connectivity index (χ1n) is 7.54. The van der Waals surface area contributed by atoms with Gasteiger partial charge in [0.2, 0.25) is 0 Å². The van der Waals surface area contributed by atoms with Gasteiger partial charge in [0, 0.05) is 17.5 Å². The maximum Gasteiger partial charge on any atom is 0.127 e. The van der Waals surface area contributed by atoms with Crippen LogP contribution < -0.4 is 10.5 Å². The number of ether oxygens (including phenoxy) is 1. The summed E-state index contributed by atoms with van der Waals surface area (Å²) in [5, 5.41) is 0. The summed E-state index contributed by atoms with van der Waals surface area (Å²) in [7, 11) is 0. The molecular weight excluding hydrogens is 234 g/mol. The van der Waals surface area contributed by atoms with Crippen LogP contribution in [0.3, 0.4) is 0 Å². The van der Waals surface area contributed by atoms with Crippen LogP contribution in [0.15, 0.2) is 18.2 Å². The van der Waals surface area contributed by atoms with Gasteiger partial charge >= 0.3 is 0 Å². The summed E-state index contributed by atoms with van der Waals surface area (Å²) < 4.78 is 5.86. The summed E-state index contributed by atoms with van der Waals surface area (Å²) >= 11 is 0. The van der Waals surface area contributed by atoms with Gasteiger partial charge in [-0.3, -0.25) is 0 Å². The molecule has 2 aliphatic rings. The molecule has 0 radical (unpaired) electrons. The highest BCUT2D eigenvalue weighted by molar-refractivity contribution is 5.47. The highest BCUT2D eigenvalue weighted by Crippen LogP contribution is 2.45. The van der Waals surface area contributed by atoms with E-state index in [0.29, 0.717) is 5.41 Å². The lowest BCUT2D eigenvalue weighted by molar-refractivity contribution is 0.292. The number of rotatable bonds is 1. The van der Waals surface area contributed by atoms with E-state index in [1.165, 1.54) is 30.4 Å². The number of benzene rings is 1. The second kappa shape index (κ2) is 4.52. The minimum Gasteiger partial charge on any atom is -0.493 e. The Kier molecular flexibility index (Phi) is 3.09. The van der Waals surface area contributed by atoms with Crippen LogP contribution in [0.25, 0.3) is 0 Å². The molecule has 1 fully saturated rings. The first kappa shape index (κ1) is 13.0. The molecule has 2 N–H and O–H groups in total. The molecule has 1 unspecified atom stereocenters. The number of nitrogens with two attached hydrogens (primary N) is 1. The monoisotopic (exact) mass is 259 g/mol. The molecule has 2 nitrogen and oxygen atoms in total. The topological polar surface area (TPSA) is 35.2 Å². The minimum atomic E-state index is -0.191. The summed E-state index contributed by atoms with van der Waals surface area (Å²) in [6.07, 6.45) is 6.88. The van der Waals surface area contributed by atoms with Gasteiger partial charge < -0.3 is 10.5 Å². The van der Waals surface area contributed by atoms with Crippen LogP contribution in [0.4, 0.5) is 0 Å². The van der Waals surface area contributed by atoms with Gasteiger partial charge in [-0.1, -0.05) is 38.5 Å². The summed E-state index contributed by atoms with van der Waals surface area (Å²) in [5.41, 5.74) is 9.62. The molecule has 1 aliphatic carbocycles. The second-order valence-electron chi connectivity index (χ2n) is 7.07. The Morgan fingerprint density at radius 3 is 2.79 bits per heavy atom. The molecule has 0 saturated heterocycles. The third-order valence-electron chi connectivity index (χ3n) is 4.98. The van der Waals surface area contributed by atoms with Gasteiger partial charge in [-0.15, -0.1) is 0 Å². The van der Waals surface area contributed by atoms with Crippen LogP contribution in [0, 0.1) is 5.41 Å². The summed E-state index contributed by atoms with van der Waals surface area (Å²) in [6.45, 7) is 5.54. The van der Waals surface area contributed by atoms with Gasteiger partial charge in [-0.05, 0) is 36.7 Å². The van der Waals surface area contributed by atoms with Crippen molar-refractivity contribution in [3.05, 3.63) is 29.3 Å². The van der Waals surface area contributed by atoms with Crippen molar-refractivity contribution in [1.82, 2.24) is 0 Å². The Balaban J connectivity index is 1.95. The van der Waals surface area contributed by atoms with Crippen LogP contribution in [-0.4, -0.2) is 6.61 Å². The minimum absolute atomic E-state index is 0.191. The highest BCUT2D eigenvalue weighted by atomic mass is 16.5. The molecule has 2 heteroatoms. The number of hydrogen-bond donors (Lipinski definition) is 1. The Bertz CT molecular complexity index is 480. The number of para-hydroxylation sites is 1. The summed E-state index contributed by atoms with van der Waals surface area (Å²) in [5.74, 6) is 1.09. The molecule has 104 valence electrons. The fraction of sp³-hybridized carbons (Fsp3) is 0.647. The fourth-order valence-electron chi connectivity index (χ4n) is 3.57. The lowest BCUT2D eigenvalue weighted by Crippen LogP contribution is -2.36. The Morgan fingerprint density at radius 2 is 1.95 bits per heavy atom. The molecule has 1 atom stereocenters. The molecule has 0 bridgehead atoms. The van der Waals surface area contributed by atoms with Crippen molar-refractivity contribution in [2.75, 3.05) is 6.61 Å². The molecule has 1 saturated carbocycles. The maximum atomic E-state index is 6.79. The molecule has 1 aromatic rings. The maximum absolute atomic E-state index is 6.79. The third-order valence-corrected chi connectivity index (χ3v) is 4.98. The van der Waals surface area contributed by atoms with Crippen molar-refractivity contribution in [2.24, 2.45) is 11.1 Å². The Labute approximate surface area is 116 Å². The highest BCUT2D eigenvalue weighted by Gasteiger charge is 2.36. The van der Waals surface area contributed by atoms with E-state index in [1.54, 1.807) is 0 Å². The standard InChI is InChI=1S/C17H25NO/c1-16(2)8-4-9-17(18,11-10-16)14-6-3-5-13-7-12-19-15(13)14/h3,5-6H,4,7-12,18H2,1-2H3. The van der Waals surface area contributed by atoms with Crippen molar-refractivity contribution in [3.8, 4) is 5.75 Å². The van der Waals surface area contributed by atoms with E-state index in [0.717, 1.165) is 31.6 Å². The molecule has 1 heterocycles. The van der Waals surface area contributed by atoms with Gasteiger partial charge in [0.1, 0.15) is 5.75 Å². The predicted octanol–water partition coefficient (Wildman–Crippen LogP) is 3.77. The molecule has 19 heavy (non-hydrogen) atoms. The van der Waals surface area contributed by atoms with Crippen molar-refractivity contribution >= 4 is 0 Å². The zero-order valence-corrected chi connectivity index (χ0v) is 12.2. The van der Waals surface area contributed by atoms with Crippen molar-refractivity contribution in [2.45, 2.75) is 57.9 Å². The predicted molar refractivity (Wildman–Crippen MR) is 78.4 cm³/mol. The van der Waals surface area contributed by atoms with E-state index in [-0.39, 0.29) is 5.54 Å². The molecule has 3 rings (SSSR count). The largest absolute Gasteiger partial charge is 0.493 e. The molecule has 0 spiro atoms. The molecule has 1 aliphatic heterocycles. The Hall–Kier alpha value is -1.02. The zero-order chi connectivity index (χ0) is 13.5. The van der Waals surface area contributed by atoms with E-state index in [2.05, 4.69) is 32.0 Å². The molecular formula is C17H25NO. The normalized spacial score (nSPS) is 29.4. The SMILES string of the molecule is CC1(C)CCCC(N)(c2cccc3c2OCC3)CC1. The van der Waals surface area contributed by atoms with E-state index >= 15 is 0 Å². The zero-order valence-electron chi connectivity index (χ0n) is 12.2. The van der Waals surface area contributed by atoms with E-state index in [4.69, 9.17) is 10.5 Å². The summed E-state index contributed by atoms with van der Waals surface area (Å²) in [6, 6.07) is 6.51. The second-order valence-corrected chi connectivity index (χ2v) is 7.07. The van der Waals surface area contributed by atoms with Gasteiger partial charge in [0.05, 0.1) is 6.61 Å². The van der Waals surface area contributed by atoms with Gasteiger partial charge in [-0.2, -0.15) is 0 Å². The fourth-order valence-corrected chi connectivity index (χ4v) is 3.57. The lowest BCUT2D eigenvalue weighted by atomic mass is 9.80. The molecule has 0 aromatic heterocycles. The molecule has 0 amide bonds. The quantitative estimate of drug-likeness (QED) is 0.779. The first-order valence-corrected chi connectivity index (χ1v) is 7.54. The van der Waals surface area contributed by atoms with Crippen LogP contribution in [-0.2, 0) is 12.0 Å². The number of hydrogen-bond acceptors (Lipinski definition) is 2. The average Bonchev–Trinajstić information content (AvgIpc) is 2.79. The van der Waals surface area contributed by atoms with Gasteiger partial charge in [0.25, 0.3) is 0 Å². The van der Waals surface area contributed by atoms with Crippen molar-refractivity contribution in [1.29, 1.82) is 0 Å². The van der Waals surface area contributed by atoms with Gasteiger partial charge in [0.15, 0.2) is 0 Å². The molecule has 1 aromatic carbocycles. The van der Waals surface area contributed by atoms with Crippen molar-refractivity contribution < 1.29 is 4.74 Å². The number of fused-ring (bicyclic) bond motifs is 1. The van der Waals surface area contributed by atoms with Crippen LogP contribution >= 0.6 is 0 Å². The average molecular weight is 259 g/mol. The summed E-state index contributed by atoms with van der Waals surface area (Å²) in [4.78, 5) is 0. The Morgan fingerprint density at radius 1 is 1.11 bits per heavy atom. The lowest BCUT2D eigenvalue weighted by Gasteiger charge is -2.31. The van der Waals surface area contributed by atoms with Gasteiger partial charge in [-0.25, -0.2) is 0 Å². The van der Waals surface area contributed by atoms with Crippen LogP contribution in [0.5, 0.6) is 5.75 Å². The third kappa shape index (κ3) is 2.38. The van der Waals surface area contributed by atoms with Crippen molar-refractivity contribution in [3.63, 3.8) is 0 Å².